The number of hydrogen-bond donors (Lipinski definition) is 2. The minimum absolute atomic E-state index is 0.0607. The molecule has 126 valence electrons. The van der Waals surface area contributed by atoms with Gasteiger partial charge in [-0.1, -0.05) is 12.1 Å². The van der Waals surface area contributed by atoms with E-state index in [2.05, 4.69) is 15.8 Å². The predicted octanol–water partition coefficient (Wildman–Crippen LogP) is 3.07. The molecule has 0 radical (unpaired) electrons. The Hall–Kier alpha value is -2.89. The quantitative estimate of drug-likeness (QED) is 0.632. The van der Waals surface area contributed by atoms with Crippen LogP contribution in [0.4, 0.5) is 5.69 Å². The molecule has 2 aromatic rings. The molecular formula is C18H21N3O3. The maximum atomic E-state index is 11.9. The van der Waals surface area contributed by atoms with Gasteiger partial charge in [-0.25, -0.2) is 5.43 Å². The van der Waals surface area contributed by atoms with Gasteiger partial charge in [-0.15, -0.1) is 0 Å². The fourth-order valence-electron chi connectivity index (χ4n) is 2.06. The van der Waals surface area contributed by atoms with E-state index in [1.807, 2.05) is 39.0 Å². The van der Waals surface area contributed by atoms with Crippen LogP contribution in [0, 0.1) is 20.8 Å². The van der Waals surface area contributed by atoms with Crippen LogP contribution >= 0.6 is 0 Å². The van der Waals surface area contributed by atoms with Crippen molar-refractivity contribution in [3.05, 3.63) is 53.0 Å². The van der Waals surface area contributed by atoms with Gasteiger partial charge in [-0.05, 0) is 50.1 Å². The number of aryl methyl sites for hydroxylation is 3. The molecule has 0 bridgehead atoms. The lowest BCUT2D eigenvalue weighted by molar-refractivity contribution is -0.124. The molecule has 2 N–H and O–H groups in total. The third kappa shape index (κ3) is 5.39. The van der Waals surface area contributed by atoms with Gasteiger partial charge in [0.25, 0.3) is 0 Å². The normalized spacial score (nSPS) is 10.8. The van der Waals surface area contributed by atoms with Crippen molar-refractivity contribution in [2.45, 2.75) is 33.6 Å². The van der Waals surface area contributed by atoms with Crippen molar-refractivity contribution in [1.82, 2.24) is 5.43 Å². The van der Waals surface area contributed by atoms with Crippen LogP contribution < -0.4 is 10.7 Å². The first-order chi connectivity index (χ1) is 11.4. The van der Waals surface area contributed by atoms with Crippen molar-refractivity contribution >= 4 is 23.7 Å². The smallest absolute Gasteiger partial charge is 0.240 e. The molecule has 0 saturated carbocycles. The Morgan fingerprint density at radius 1 is 1.08 bits per heavy atom. The van der Waals surface area contributed by atoms with Crippen LogP contribution in [0.1, 0.15) is 35.5 Å². The molecule has 1 heterocycles. The topological polar surface area (TPSA) is 83.7 Å². The summed E-state index contributed by atoms with van der Waals surface area (Å²) in [5, 5.41) is 6.61. The molecule has 0 aliphatic carbocycles. The number of hydrazone groups is 1. The summed E-state index contributed by atoms with van der Waals surface area (Å²) < 4.78 is 5.29. The summed E-state index contributed by atoms with van der Waals surface area (Å²) in [5.41, 5.74) is 5.19. The van der Waals surface area contributed by atoms with Crippen molar-refractivity contribution < 1.29 is 14.0 Å². The maximum Gasteiger partial charge on any atom is 0.240 e. The average Bonchev–Trinajstić information content (AvgIpc) is 2.94. The zero-order valence-corrected chi connectivity index (χ0v) is 14.1. The molecule has 0 spiro atoms. The van der Waals surface area contributed by atoms with Crippen LogP contribution in [-0.2, 0) is 9.59 Å². The number of amides is 2. The molecule has 0 aliphatic rings. The third-order valence-electron chi connectivity index (χ3n) is 3.39. The summed E-state index contributed by atoms with van der Waals surface area (Å²) in [4.78, 5) is 23.6. The number of furan rings is 1. The summed E-state index contributed by atoms with van der Waals surface area (Å²) in [7, 11) is 0. The molecule has 6 nitrogen and oxygen atoms in total. The lowest BCUT2D eigenvalue weighted by Crippen LogP contribution is -2.20. The van der Waals surface area contributed by atoms with E-state index < -0.39 is 0 Å². The molecule has 0 unspecified atom stereocenters. The summed E-state index contributed by atoms with van der Waals surface area (Å²) >= 11 is 0. The lowest BCUT2D eigenvalue weighted by atomic mass is 10.1. The van der Waals surface area contributed by atoms with Crippen LogP contribution in [0.5, 0.6) is 0 Å². The van der Waals surface area contributed by atoms with E-state index in [1.54, 1.807) is 12.1 Å². The average molecular weight is 327 g/mol. The van der Waals surface area contributed by atoms with Gasteiger partial charge in [0.05, 0.1) is 6.21 Å². The molecule has 24 heavy (non-hydrogen) atoms. The zero-order chi connectivity index (χ0) is 17.5. The van der Waals surface area contributed by atoms with Crippen molar-refractivity contribution in [3.8, 4) is 0 Å². The summed E-state index contributed by atoms with van der Waals surface area (Å²) in [6, 6.07) is 9.39. The molecule has 0 atom stereocenters. The highest BCUT2D eigenvalue weighted by Crippen LogP contribution is 2.16. The van der Waals surface area contributed by atoms with E-state index >= 15 is 0 Å². The fourth-order valence-corrected chi connectivity index (χ4v) is 2.06. The van der Waals surface area contributed by atoms with Gasteiger partial charge in [-0.3, -0.25) is 9.59 Å². The monoisotopic (exact) mass is 327 g/mol. The first-order valence-electron chi connectivity index (χ1n) is 7.69. The largest absolute Gasteiger partial charge is 0.460 e. The highest BCUT2D eigenvalue weighted by atomic mass is 16.3. The molecule has 1 aromatic heterocycles. The Bertz CT molecular complexity index is 763. The Kier molecular flexibility index (Phi) is 5.89. The second kappa shape index (κ2) is 8.10. The van der Waals surface area contributed by atoms with Crippen molar-refractivity contribution in [3.63, 3.8) is 0 Å². The van der Waals surface area contributed by atoms with Crippen LogP contribution in [0.25, 0.3) is 0 Å². The van der Waals surface area contributed by atoms with Crippen molar-refractivity contribution in [1.29, 1.82) is 0 Å². The number of hydrogen-bond acceptors (Lipinski definition) is 4. The summed E-state index contributed by atoms with van der Waals surface area (Å²) in [5.74, 6) is 0.793. The number of nitrogens with zero attached hydrogens (tertiary/aromatic N) is 1. The zero-order valence-electron chi connectivity index (χ0n) is 14.1. The van der Waals surface area contributed by atoms with Crippen molar-refractivity contribution in [2.75, 3.05) is 5.32 Å². The summed E-state index contributed by atoms with van der Waals surface area (Å²) in [6.45, 7) is 5.71. The molecule has 6 heteroatoms. The minimum Gasteiger partial charge on any atom is -0.460 e. The van der Waals surface area contributed by atoms with Gasteiger partial charge in [0, 0.05) is 18.5 Å². The Labute approximate surface area is 140 Å². The maximum absolute atomic E-state index is 11.9. The van der Waals surface area contributed by atoms with Gasteiger partial charge >= 0.3 is 0 Å². The number of carbonyl (C=O) groups excluding carboxylic acids is 2. The fraction of sp³-hybridized carbons (Fsp3) is 0.278. The van der Waals surface area contributed by atoms with Gasteiger partial charge < -0.3 is 9.73 Å². The van der Waals surface area contributed by atoms with E-state index in [0.29, 0.717) is 5.76 Å². The lowest BCUT2D eigenvalue weighted by Gasteiger charge is -2.09. The molecule has 2 amide bonds. The number of benzene rings is 1. The molecule has 0 aliphatic heterocycles. The number of nitrogens with one attached hydrogen (secondary N) is 2. The second-order valence-corrected chi connectivity index (χ2v) is 5.61. The number of anilines is 1. The first kappa shape index (κ1) is 17.5. The minimum atomic E-state index is -0.328. The number of rotatable bonds is 6. The molecule has 2 rings (SSSR count). The van der Waals surface area contributed by atoms with Crippen LogP contribution in [-0.4, -0.2) is 18.0 Å². The van der Waals surface area contributed by atoms with Gasteiger partial charge in [0.1, 0.15) is 11.5 Å². The highest BCUT2D eigenvalue weighted by molar-refractivity contribution is 5.94. The van der Waals surface area contributed by atoms with Crippen LogP contribution in [0.15, 0.2) is 39.9 Å². The first-order valence-corrected chi connectivity index (χ1v) is 7.69. The Balaban J connectivity index is 1.75. The van der Waals surface area contributed by atoms with E-state index in [-0.39, 0.29) is 24.7 Å². The SMILES string of the molecule is Cc1ccc(C)c(NC(=O)CCC(=O)NN=Cc2ccc(C)o2)c1. The highest BCUT2D eigenvalue weighted by Gasteiger charge is 2.08. The second-order valence-electron chi connectivity index (χ2n) is 5.61. The predicted molar refractivity (Wildman–Crippen MR) is 93.0 cm³/mol. The molecular weight excluding hydrogens is 306 g/mol. The van der Waals surface area contributed by atoms with E-state index in [0.717, 1.165) is 22.6 Å². The summed E-state index contributed by atoms with van der Waals surface area (Å²) in [6.07, 6.45) is 1.57. The van der Waals surface area contributed by atoms with Gasteiger partial charge in [-0.2, -0.15) is 5.10 Å². The van der Waals surface area contributed by atoms with Gasteiger partial charge in [0.15, 0.2) is 0 Å². The molecule has 0 saturated heterocycles. The molecule has 0 fully saturated rings. The van der Waals surface area contributed by atoms with Crippen molar-refractivity contribution in [2.24, 2.45) is 5.10 Å². The standard InChI is InChI=1S/C18H21N3O3/c1-12-4-5-13(2)16(10-12)20-17(22)8-9-18(23)21-19-11-15-7-6-14(3)24-15/h4-7,10-11H,8-9H2,1-3H3,(H,20,22)(H,21,23). The molecule has 1 aromatic carbocycles. The van der Waals surface area contributed by atoms with E-state index in [4.69, 9.17) is 4.42 Å². The van der Waals surface area contributed by atoms with Gasteiger partial charge in [0.2, 0.25) is 11.8 Å². The van der Waals surface area contributed by atoms with E-state index in [1.165, 1.54) is 6.21 Å². The van der Waals surface area contributed by atoms with Crippen LogP contribution in [0.2, 0.25) is 0 Å². The third-order valence-corrected chi connectivity index (χ3v) is 3.39. The Morgan fingerprint density at radius 3 is 2.54 bits per heavy atom. The van der Waals surface area contributed by atoms with E-state index in [9.17, 15) is 9.59 Å². The van der Waals surface area contributed by atoms with Crippen LogP contribution in [0.3, 0.4) is 0 Å². The Morgan fingerprint density at radius 2 is 1.83 bits per heavy atom. The number of carbonyl (C=O) groups is 2.